The number of hydrazine groups is 1. The normalized spacial score (nSPS) is 17.1. The van der Waals surface area contributed by atoms with E-state index in [1.54, 1.807) is 42.4 Å². The Morgan fingerprint density at radius 2 is 1.73 bits per heavy atom. The molecule has 4 rings (SSSR count). The van der Waals surface area contributed by atoms with Gasteiger partial charge in [0.2, 0.25) is 12.3 Å². The van der Waals surface area contributed by atoms with Crippen LogP contribution in [0.25, 0.3) is 0 Å². The first-order valence-corrected chi connectivity index (χ1v) is 13.2. The van der Waals surface area contributed by atoms with Crippen LogP contribution >= 0.6 is 0 Å². The van der Waals surface area contributed by atoms with Gasteiger partial charge in [-0.05, 0) is 29.3 Å². The van der Waals surface area contributed by atoms with Gasteiger partial charge in [0.1, 0.15) is 23.8 Å². The first-order valence-electron chi connectivity index (χ1n) is 13.2. The first kappa shape index (κ1) is 28.6. The second-order valence-corrected chi connectivity index (χ2v) is 9.69. The average molecular weight is 548 g/mol. The van der Waals surface area contributed by atoms with Crippen molar-refractivity contribution in [2.45, 2.75) is 38.6 Å². The number of aromatic hydroxyl groups is 1. The molecular weight excluding hydrogens is 513 g/mol. The first-order chi connectivity index (χ1) is 19.3. The molecule has 0 bridgehead atoms. The number of amides is 4. The molecule has 1 unspecified atom stereocenters. The van der Waals surface area contributed by atoms with Crippen LogP contribution in [0.4, 0.5) is 9.18 Å². The summed E-state index contributed by atoms with van der Waals surface area (Å²) in [6, 6.07) is 20.7. The molecule has 2 N–H and O–H groups in total. The van der Waals surface area contributed by atoms with Crippen LogP contribution in [0.15, 0.2) is 78.9 Å². The largest absolute Gasteiger partial charge is 0.508 e. The summed E-state index contributed by atoms with van der Waals surface area (Å²) in [5.41, 5.74) is 1.97. The Balaban J connectivity index is 1.68. The summed E-state index contributed by atoms with van der Waals surface area (Å²) in [6.45, 7) is 2.57. The molecule has 210 valence electrons. The molecule has 10 heteroatoms. The number of hydrogen-bond acceptors (Lipinski definition) is 5. The third kappa shape index (κ3) is 6.58. The fourth-order valence-corrected chi connectivity index (χ4v) is 4.82. The molecule has 1 aliphatic rings. The van der Waals surface area contributed by atoms with E-state index in [1.807, 2.05) is 37.3 Å². The maximum absolute atomic E-state index is 14.6. The van der Waals surface area contributed by atoms with Crippen molar-refractivity contribution in [3.05, 3.63) is 101 Å². The Bertz CT molecular complexity index is 1310. The van der Waals surface area contributed by atoms with E-state index in [0.717, 1.165) is 11.1 Å². The highest BCUT2D eigenvalue weighted by molar-refractivity contribution is 5.86. The lowest BCUT2D eigenvalue weighted by molar-refractivity contribution is -0.165. The highest BCUT2D eigenvalue weighted by Gasteiger charge is 2.45. The van der Waals surface area contributed by atoms with Crippen molar-refractivity contribution in [2.24, 2.45) is 0 Å². The molecule has 1 heterocycles. The molecule has 0 spiro atoms. The van der Waals surface area contributed by atoms with E-state index >= 15 is 0 Å². The fraction of sp³-hybridized carbons (Fsp3) is 0.300. The van der Waals surface area contributed by atoms with Gasteiger partial charge in [0.25, 0.3) is 0 Å². The number of nitrogens with one attached hydrogen (secondary N) is 1. The molecule has 1 fully saturated rings. The number of phenolic OH excluding ortho intramolecular Hbond substituents is 1. The van der Waals surface area contributed by atoms with E-state index in [1.165, 1.54) is 33.0 Å². The molecule has 2 atom stereocenters. The Kier molecular flexibility index (Phi) is 9.34. The number of benzene rings is 3. The lowest BCUT2D eigenvalue weighted by Gasteiger charge is -2.50. The summed E-state index contributed by atoms with van der Waals surface area (Å²) in [5.74, 6) is -0.720. The van der Waals surface area contributed by atoms with Gasteiger partial charge in [0.05, 0.1) is 6.54 Å². The summed E-state index contributed by atoms with van der Waals surface area (Å²) in [7, 11) is 1.73. The van der Waals surface area contributed by atoms with E-state index in [9.17, 15) is 23.9 Å². The van der Waals surface area contributed by atoms with Crippen molar-refractivity contribution in [1.82, 2.24) is 25.1 Å². The van der Waals surface area contributed by atoms with E-state index in [-0.39, 0.29) is 37.7 Å². The minimum Gasteiger partial charge on any atom is -0.508 e. The number of piperazine rings is 1. The van der Waals surface area contributed by atoms with Gasteiger partial charge >= 0.3 is 6.03 Å². The molecule has 3 aromatic rings. The molecule has 4 amide bonds. The molecular formula is C30H34FN5O4. The number of carbonyl (C=O) groups excluding carboxylic acids is 3. The van der Waals surface area contributed by atoms with Crippen molar-refractivity contribution in [2.75, 3.05) is 20.1 Å². The van der Waals surface area contributed by atoms with Gasteiger partial charge in [-0.3, -0.25) is 9.59 Å². The number of phenols is 1. The Morgan fingerprint density at radius 3 is 2.38 bits per heavy atom. The Hall–Kier alpha value is -4.44. The molecule has 0 aromatic heterocycles. The highest BCUT2D eigenvalue weighted by Crippen LogP contribution is 2.25. The summed E-state index contributed by atoms with van der Waals surface area (Å²) >= 11 is 0. The molecule has 3 aromatic carbocycles. The number of carbonyl (C=O) groups is 3. The van der Waals surface area contributed by atoms with Gasteiger partial charge < -0.3 is 20.2 Å². The maximum atomic E-state index is 14.6. The lowest BCUT2D eigenvalue weighted by Crippen LogP contribution is -2.70. The molecule has 1 aliphatic heterocycles. The number of nitrogens with zero attached hydrogens (tertiary/aromatic N) is 4. The Labute approximate surface area is 233 Å². The van der Waals surface area contributed by atoms with Gasteiger partial charge in [0, 0.05) is 38.7 Å². The summed E-state index contributed by atoms with van der Waals surface area (Å²) in [5, 5.41) is 15.8. The van der Waals surface area contributed by atoms with Gasteiger partial charge in [-0.1, -0.05) is 67.6 Å². The fourth-order valence-electron chi connectivity index (χ4n) is 4.82. The van der Waals surface area contributed by atoms with Crippen LogP contribution < -0.4 is 5.32 Å². The van der Waals surface area contributed by atoms with E-state index < -0.39 is 24.1 Å². The zero-order valence-corrected chi connectivity index (χ0v) is 22.6. The smallest absolute Gasteiger partial charge is 0.334 e. The quantitative estimate of drug-likeness (QED) is 0.300. The Morgan fingerprint density at radius 1 is 1.05 bits per heavy atom. The van der Waals surface area contributed by atoms with Crippen LogP contribution in [-0.4, -0.2) is 75.6 Å². The van der Waals surface area contributed by atoms with Crippen molar-refractivity contribution in [3.8, 4) is 5.75 Å². The zero-order chi connectivity index (χ0) is 28.6. The number of urea groups is 1. The molecule has 0 aliphatic carbocycles. The molecule has 1 saturated heterocycles. The van der Waals surface area contributed by atoms with Gasteiger partial charge in [-0.15, -0.1) is 0 Å². The molecule has 9 nitrogen and oxygen atoms in total. The van der Waals surface area contributed by atoms with Crippen LogP contribution in [0.1, 0.15) is 23.6 Å². The van der Waals surface area contributed by atoms with Crippen LogP contribution in [0, 0.1) is 5.82 Å². The number of halogens is 1. The van der Waals surface area contributed by atoms with Crippen molar-refractivity contribution < 1.29 is 23.9 Å². The number of rotatable bonds is 10. The van der Waals surface area contributed by atoms with Gasteiger partial charge in [0.15, 0.2) is 0 Å². The third-order valence-corrected chi connectivity index (χ3v) is 7.09. The topological polar surface area (TPSA) is 96.4 Å². The van der Waals surface area contributed by atoms with Crippen molar-refractivity contribution in [1.29, 1.82) is 0 Å². The van der Waals surface area contributed by atoms with Crippen LogP contribution in [0.5, 0.6) is 5.75 Å². The SMILES string of the molecule is CCN(C)N(C(=O)NCc1ccccc1)C1CN(Cc2ccccc2F)C(=O)[C@H](Cc2ccc(O)cc2)N1C=O. The zero-order valence-electron chi connectivity index (χ0n) is 22.6. The van der Waals surface area contributed by atoms with Crippen molar-refractivity contribution in [3.63, 3.8) is 0 Å². The predicted octanol–water partition coefficient (Wildman–Crippen LogP) is 3.35. The summed E-state index contributed by atoms with van der Waals surface area (Å²) in [6.07, 6.45) is -0.114. The van der Waals surface area contributed by atoms with E-state index in [0.29, 0.717) is 18.5 Å². The second kappa shape index (κ2) is 13.1. The van der Waals surface area contributed by atoms with Crippen LogP contribution in [0.2, 0.25) is 0 Å². The van der Waals surface area contributed by atoms with Crippen LogP contribution in [-0.2, 0) is 29.1 Å². The van der Waals surface area contributed by atoms with Crippen LogP contribution in [0.3, 0.4) is 0 Å². The highest BCUT2D eigenvalue weighted by atomic mass is 19.1. The van der Waals surface area contributed by atoms with E-state index in [4.69, 9.17) is 0 Å². The monoisotopic (exact) mass is 547 g/mol. The van der Waals surface area contributed by atoms with Crippen molar-refractivity contribution >= 4 is 18.3 Å². The standard InChI is InChI=1S/C30H34FN5O4/c1-3-33(2)36(30(40)32-18-23-9-5-4-6-10-23)28-20-34(19-24-11-7-8-12-26(24)31)29(39)27(35(28)21-37)17-22-13-15-25(38)16-14-22/h4-16,21,27-28,38H,3,17-20H2,1-2H3,(H,32,40)/t27-,28?/m0/s1. The van der Waals surface area contributed by atoms with E-state index in [2.05, 4.69) is 5.32 Å². The molecule has 0 saturated carbocycles. The average Bonchev–Trinajstić information content (AvgIpc) is 2.97. The third-order valence-electron chi connectivity index (χ3n) is 7.09. The minimum absolute atomic E-state index is 0.0128. The minimum atomic E-state index is -0.956. The second-order valence-electron chi connectivity index (χ2n) is 9.69. The lowest BCUT2D eigenvalue weighted by atomic mass is 9.99. The summed E-state index contributed by atoms with van der Waals surface area (Å²) in [4.78, 5) is 42.9. The summed E-state index contributed by atoms with van der Waals surface area (Å²) < 4.78 is 14.6. The van der Waals surface area contributed by atoms with Gasteiger partial charge in [-0.25, -0.2) is 19.2 Å². The molecule has 40 heavy (non-hydrogen) atoms. The maximum Gasteiger partial charge on any atom is 0.334 e. The molecule has 0 radical (unpaired) electrons. The predicted molar refractivity (Wildman–Crippen MR) is 148 cm³/mol. The van der Waals surface area contributed by atoms with Gasteiger partial charge in [-0.2, -0.15) is 0 Å². The number of hydrogen-bond donors (Lipinski definition) is 2.